The molecule has 0 atom stereocenters. The van der Waals surface area contributed by atoms with Crippen LogP contribution in [0.1, 0.15) is 26.3 Å². The summed E-state index contributed by atoms with van der Waals surface area (Å²) in [5.74, 6) is 5.54. The molecule has 1 rings (SSSR count). The second-order valence-corrected chi connectivity index (χ2v) is 4.92. The monoisotopic (exact) mass is 289 g/mol. The largest absolute Gasteiger partial charge is 0.505 e. The van der Waals surface area contributed by atoms with Crippen LogP contribution in [-0.2, 0) is 5.41 Å². The third-order valence-electron chi connectivity index (χ3n) is 2.51. The van der Waals surface area contributed by atoms with Crippen LogP contribution in [0, 0.1) is 0 Å². The van der Waals surface area contributed by atoms with Crippen LogP contribution in [0.5, 0.6) is 11.5 Å². The molecular weight excluding hydrogens is 270 g/mol. The standard InChI is InChI=1S/C12H19N3O3.ClH/c1-12(2,3)8-5-7(18-4)6-9(10(8)16)14-11(17)15-13;/h5-6,16H,13H2,1-4H3,(H2,14,15,17);1H. The van der Waals surface area contributed by atoms with E-state index < -0.39 is 6.03 Å². The molecule has 0 spiro atoms. The van der Waals surface area contributed by atoms with E-state index in [-0.39, 0.29) is 29.3 Å². The number of nitrogens with two attached hydrogens (primary N) is 1. The molecule has 7 heteroatoms. The van der Waals surface area contributed by atoms with Crippen molar-refractivity contribution >= 4 is 24.1 Å². The SMILES string of the molecule is COc1cc(NC(=O)NN)c(O)c(C(C)(C)C)c1.Cl. The highest BCUT2D eigenvalue weighted by atomic mass is 35.5. The van der Waals surface area contributed by atoms with Gasteiger partial charge in [-0.2, -0.15) is 0 Å². The Morgan fingerprint density at radius 3 is 2.37 bits per heavy atom. The van der Waals surface area contributed by atoms with Crippen molar-refractivity contribution in [3.63, 3.8) is 0 Å². The van der Waals surface area contributed by atoms with Gasteiger partial charge in [0.15, 0.2) is 0 Å². The van der Waals surface area contributed by atoms with Crippen LogP contribution in [0.4, 0.5) is 10.5 Å². The fourth-order valence-corrected chi connectivity index (χ4v) is 1.55. The average molecular weight is 290 g/mol. The molecule has 0 heterocycles. The number of nitrogens with one attached hydrogen (secondary N) is 2. The van der Waals surface area contributed by atoms with Crippen LogP contribution in [0.25, 0.3) is 0 Å². The van der Waals surface area contributed by atoms with Gasteiger partial charge in [-0.1, -0.05) is 20.8 Å². The molecule has 1 aromatic rings. The minimum atomic E-state index is -0.613. The average Bonchev–Trinajstić information content (AvgIpc) is 2.29. The van der Waals surface area contributed by atoms with E-state index in [9.17, 15) is 9.90 Å². The fraction of sp³-hybridized carbons (Fsp3) is 0.417. The summed E-state index contributed by atoms with van der Waals surface area (Å²) in [6.07, 6.45) is 0. The van der Waals surface area contributed by atoms with Crippen LogP contribution in [0.3, 0.4) is 0 Å². The Bertz CT molecular complexity index is 458. The Morgan fingerprint density at radius 1 is 1.37 bits per heavy atom. The Balaban J connectivity index is 0.00000324. The maximum atomic E-state index is 11.2. The second-order valence-electron chi connectivity index (χ2n) is 4.92. The second kappa shape index (κ2) is 6.49. The van der Waals surface area contributed by atoms with E-state index in [1.165, 1.54) is 13.2 Å². The van der Waals surface area contributed by atoms with Gasteiger partial charge in [0.2, 0.25) is 0 Å². The first-order valence-electron chi connectivity index (χ1n) is 5.48. The van der Waals surface area contributed by atoms with Gasteiger partial charge >= 0.3 is 6.03 Å². The molecule has 0 saturated heterocycles. The number of halogens is 1. The van der Waals surface area contributed by atoms with E-state index in [1.807, 2.05) is 26.2 Å². The summed E-state index contributed by atoms with van der Waals surface area (Å²) < 4.78 is 5.15. The van der Waals surface area contributed by atoms with Gasteiger partial charge in [0.1, 0.15) is 11.5 Å². The molecule has 0 saturated carbocycles. The predicted molar refractivity (Wildman–Crippen MR) is 76.9 cm³/mol. The summed E-state index contributed by atoms with van der Waals surface area (Å²) in [5, 5.41) is 12.6. The maximum Gasteiger partial charge on any atom is 0.333 e. The Kier molecular flexibility index (Phi) is 5.92. The number of carbonyl (C=O) groups is 1. The summed E-state index contributed by atoms with van der Waals surface area (Å²) in [4.78, 5) is 11.2. The summed E-state index contributed by atoms with van der Waals surface area (Å²) in [7, 11) is 1.52. The lowest BCUT2D eigenvalue weighted by Crippen LogP contribution is -2.34. The number of benzene rings is 1. The van der Waals surface area contributed by atoms with E-state index >= 15 is 0 Å². The molecule has 0 aromatic heterocycles. The number of anilines is 1. The molecule has 0 aliphatic rings. The van der Waals surface area contributed by atoms with Gasteiger partial charge in [-0.3, -0.25) is 5.43 Å². The molecule has 0 fully saturated rings. The first-order valence-corrected chi connectivity index (χ1v) is 5.48. The smallest absolute Gasteiger partial charge is 0.333 e. The van der Waals surface area contributed by atoms with Crippen molar-refractivity contribution in [3.05, 3.63) is 17.7 Å². The van der Waals surface area contributed by atoms with E-state index in [1.54, 1.807) is 6.07 Å². The lowest BCUT2D eigenvalue weighted by Gasteiger charge is -2.23. The van der Waals surface area contributed by atoms with Gasteiger partial charge in [-0.15, -0.1) is 12.4 Å². The van der Waals surface area contributed by atoms with Crippen LogP contribution < -0.4 is 21.3 Å². The molecule has 5 N–H and O–H groups in total. The third-order valence-corrected chi connectivity index (χ3v) is 2.51. The first-order chi connectivity index (χ1) is 8.29. The fourth-order valence-electron chi connectivity index (χ4n) is 1.55. The van der Waals surface area contributed by atoms with Crippen LogP contribution >= 0.6 is 12.4 Å². The quantitative estimate of drug-likeness (QED) is 0.290. The Morgan fingerprint density at radius 2 is 1.95 bits per heavy atom. The van der Waals surface area contributed by atoms with Crippen LogP contribution in [-0.4, -0.2) is 18.2 Å². The molecule has 2 amide bonds. The number of rotatable bonds is 2. The van der Waals surface area contributed by atoms with Crippen molar-refractivity contribution in [1.82, 2.24) is 5.43 Å². The summed E-state index contributed by atoms with van der Waals surface area (Å²) in [6, 6.07) is 2.65. The highest BCUT2D eigenvalue weighted by Gasteiger charge is 2.22. The summed E-state index contributed by atoms with van der Waals surface area (Å²) in [5.41, 5.74) is 2.58. The number of carbonyl (C=O) groups excluding carboxylic acids is 1. The molecular formula is C12H20ClN3O3. The Labute approximate surface area is 118 Å². The maximum absolute atomic E-state index is 11.2. The van der Waals surface area contributed by atoms with Gasteiger partial charge in [-0.05, 0) is 11.5 Å². The molecule has 0 unspecified atom stereocenters. The van der Waals surface area contributed by atoms with Crippen LogP contribution in [0.15, 0.2) is 12.1 Å². The number of ether oxygens (including phenoxy) is 1. The molecule has 19 heavy (non-hydrogen) atoms. The first kappa shape index (κ1) is 17.3. The third kappa shape index (κ3) is 4.18. The molecule has 0 bridgehead atoms. The van der Waals surface area contributed by atoms with E-state index in [0.717, 1.165) is 0 Å². The van der Waals surface area contributed by atoms with Crippen molar-refractivity contribution in [2.75, 3.05) is 12.4 Å². The molecule has 1 aromatic carbocycles. The van der Waals surface area contributed by atoms with Gasteiger partial charge in [0, 0.05) is 11.6 Å². The molecule has 6 nitrogen and oxygen atoms in total. The van der Waals surface area contributed by atoms with Gasteiger partial charge in [0.05, 0.1) is 12.8 Å². The highest BCUT2D eigenvalue weighted by molar-refractivity contribution is 5.91. The summed E-state index contributed by atoms with van der Waals surface area (Å²) in [6.45, 7) is 5.86. The van der Waals surface area contributed by atoms with Crippen LogP contribution in [0.2, 0.25) is 0 Å². The number of amides is 2. The minimum absolute atomic E-state index is 0. The highest BCUT2D eigenvalue weighted by Crippen LogP contribution is 2.39. The molecule has 0 aliphatic carbocycles. The normalized spacial score (nSPS) is 10.4. The number of phenols is 1. The minimum Gasteiger partial charge on any atom is -0.505 e. The van der Waals surface area contributed by atoms with E-state index in [2.05, 4.69) is 5.32 Å². The number of hydrazine groups is 1. The van der Waals surface area contributed by atoms with E-state index in [0.29, 0.717) is 11.3 Å². The zero-order chi connectivity index (χ0) is 13.9. The van der Waals surface area contributed by atoms with E-state index in [4.69, 9.17) is 10.6 Å². The molecule has 0 radical (unpaired) electrons. The summed E-state index contributed by atoms with van der Waals surface area (Å²) >= 11 is 0. The molecule has 0 aliphatic heterocycles. The lowest BCUT2D eigenvalue weighted by molar-refractivity contribution is 0.252. The zero-order valence-corrected chi connectivity index (χ0v) is 12.2. The van der Waals surface area contributed by atoms with Crippen molar-refractivity contribution < 1.29 is 14.6 Å². The van der Waals surface area contributed by atoms with Crippen molar-refractivity contribution in [2.24, 2.45) is 5.84 Å². The zero-order valence-electron chi connectivity index (χ0n) is 11.4. The number of aromatic hydroxyl groups is 1. The van der Waals surface area contributed by atoms with Gasteiger partial charge in [0.25, 0.3) is 0 Å². The predicted octanol–water partition coefficient (Wildman–Crippen LogP) is 2.12. The number of methoxy groups -OCH3 is 1. The van der Waals surface area contributed by atoms with Crippen molar-refractivity contribution in [2.45, 2.75) is 26.2 Å². The topological polar surface area (TPSA) is 96.6 Å². The van der Waals surface area contributed by atoms with Gasteiger partial charge in [-0.25, -0.2) is 10.6 Å². The number of hydrogen-bond acceptors (Lipinski definition) is 4. The number of phenolic OH excluding ortho intramolecular Hbond substituents is 1. The molecule has 108 valence electrons. The van der Waals surface area contributed by atoms with Crippen molar-refractivity contribution in [3.8, 4) is 11.5 Å². The van der Waals surface area contributed by atoms with Crippen molar-refractivity contribution in [1.29, 1.82) is 0 Å². The number of hydrogen-bond donors (Lipinski definition) is 4. The van der Waals surface area contributed by atoms with Gasteiger partial charge < -0.3 is 15.2 Å². The number of urea groups is 1. The Hall–Kier alpha value is -1.66. The lowest BCUT2D eigenvalue weighted by atomic mass is 9.86.